The van der Waals surface area contributed by atoms with Crippen LogP contribution in [0.1, 0.15) is 39.5 Å². The van der Waals surface area contributed by atoms with E-state index < -0.39 is 24.1 Å². The summed E-state index contributed by atoms with van der Waals surface area (Å²) >= 11 is 0. The van der Waals surface area contributed by atoms with E-state index in [0.717, 1.165) is 25.7 Å². The van der Waals surface area contributed by atoms with Gasteiger partial charge in [-0.15, -0.1) is 0 Å². The molecule has 0 bridgehead atoms. The number of aliphatic hydroxyl groups excluding tert-OH is 2. The maximum atomic E-state index is 11.2. The van der Waals surface area contributed by atoms with Crippen LogP contribution in [0.5, 0.6) is 0 Å². The molecule has 0 rings (SSSR count). The van der Waals surface area contributed by atoms with Crippen molar-refractivity contribution in [2.24, 2.45) is 0 Å². The van der Waals surface area contributed by atoms with Gasteiger partial charge in [-0.1, -0.05) is 26.0 Å². The zero-order valence-corrected chi connectivity index (χ0v) is 17.0. The molecule has 0 aromatic rings. The summed E-state index contributed by atoms with van der Waals surface area (Å²) in [6.07, 6.45) is 1.89. The quantitative estimate of drug-likeness (QED) is 0.214. The van der Waals surface area contributed by atoms with Crippen molar-refractivity contribution in [1.29, 1.82) is 0 Å². The second kappa shape index (κ2) is 16.2. The highest BCUT2D eigenvalue weighted by Gasteiger charge is 2.10. The number of carbonyl (C=O) groups is 2. The number of unbranched alkanes of at least 4 members (excludes halogenated alkanes) is 3. The van der Waals surface area contributed by atoms with Gasteiger partial charge in [0.1, 0.15) is 25.4 Å². The van der Waals surface area contributed by atoms with Crippen molar-refractivity contribution in [3.05, 3.63) is 24.3 Å². The van der Waals surface area contributed by atoms with Gasteiger partial charge in [0.15, 0.2) is 0 Å². The SMILES string of the molecule is C=C(C)C(=O)OCC(O)COCCCCCCOCC(O)COC(=O)C(=C)C. The summed E-state index contributed by atoms with van der Waals surface area (Å²) in [5.74, 6) is -1.05. The predicted molar refractivity (Wildman–Crippen MR) is 104 cm³/mol. The summed E-state index contributed by atoms with van der Waals surface area (Å²) in [5.41, 5.74) is 0.579. The van der Waals surface area contributed by atoms with E-state index in [9.17, 15) is 19.8 Å². The molecule has 28 heavy (non-hydrogen) atoms. The number of ether oxygens (including phenoxy) is 4. The minimum absolute atomic E-state index is 0.110. The van der Waals surface area contributed by atoms with Crippen LogP contribution < -0.4 is 0 Å². The largest absolute Gasteiger partial charge is 0.460 e. The summed E-state index contributed by atoms with van der Waals surface area (Å²) in [6, 6.07) is 0. The van der Waals surface area contributed by atoms with E-state index in [1.807, 2.05) is 0 Å². The highest BCUT2D eigenvalue weighted by Crippen LogP contribution is 2.02. The van der Waals surface area contributed by atoms with Crippen molar-refractivity contribution < 1.29 is 38.7 Å². The van der Waals surface area contributed by atoms with Gasteiger partial charge in [0, 0.05) is 24.4 Å². The molecule has 0 fully saturated rings. The Morgan fingerprint density at radius 1 is 0.714 bits per heavy atom. The Hall–Kier alpha value is -1.74. The lowest BCUT2D eigenvalue weighted by Gasteiger charge is -2.12. The molecule has 0 aromatic heterocycles. The number of aliphatic hydroxyl groups is 2. The lowest BCUT2D eigenvalue weighted by atomic mass is 10.2. The average molecular weight is 402 g/mol. The Morgan fingerprint density at radius 2 is 1.07 bits per heavy atom. The Balaban J connectivity index is 3.41. The summed E-state index contributed by atoms with van der Waals surface area (Å²) in [7, 11) is 0. The molecule has 2 N–H and O–H groups in total. The van der Waals surface area contributed by atoms with E-state index in [0.29, 0.717) is 13.2 Å². The molecule has 0 aliphatic carbocycles. The van der Waals surface area contributed by atoms with Crippen molar-refractivity contribution in [3.63, 3.8) is 0 Å². The molecule has 2 unspecified atom stereocenters. The van der Waals surface area contributed by atoms with Crippen LogP contribution in [0, 0.1) is 0 Å². The number of carbonyl (C=O) groups excluding carboxylic acids is 2. The van der Waals surface area contributed by atoms with E-state index >= 15 is 0 Å². The Kier molecular flexibility index (Phi) is 15.2. The van der Waals surface area contributed by atoms with Crippen molar-refractivity contribution >= 4 is 11.9 Å². The fourth-order valence-corrected chi connectivity index (χ4v) is 1.89. The highest BCUT2D eigenvalue weighted by atomic mass is 16.6. The number of rotatable bonds is 17. The lowest BCUT2D eigenvalue weighted by molar-refractivity contribution is -0.143. The zero-order chi connectivity index (χ0) is 21.4. The van der Waals surface area contributed by atoms with Crippen molar-refractivity contribution in [2.45, 2.75) is 51.7 Å². The van der Waals surface area contributed by atoms with E-state index in [4.69, 9.17) is 18.9 Å². The summed E-state index contributed by atoms with van der Waals surface area (Å²) in [6.45, 7) is 11.0. The Bertz CT molecular complexity index is 445. The van der Waals surface area contributed by atoms with Gasteiger partial charge in [0.05, 0.1) is 13.2 Å². The van der Waals surface area contributed by atoms with Crippen LogP contribution >= 0.6 is 0 Å². The molecular weight excluding hydrogens is 368 g/mol. The fourth-order valence-electron chi connectivity index (χ4n) is 1.89. The van der Waals surface area contributed by atoms with Crippen LogP contribution in [-0.2, 0) is 28.5 Å². The third kappa shape index (κ3) is 15.3. The number of esters is 2. The molecule has 8 nitrogen and oxygen atoms in total. The molecule has 0 spiro atoms. The molecular formula is C20H34O8. The van der Waals surface area contributed by atoms with Gasteiger partial charge >= 0.3 is 11.9 Å². The van der Waals surface area contributed by atoms with Gasteiger partial charge in [-0.2, -0.15) is 0 Å². The first-order valence-electron chi connectivity index (χ1n) is 9.41. The van der Waals surface area contributed by atoms with Gasteiger partial charge in [-0.25, -0.2) is 9.59 Å². The standard InChI is InChI=1S/C20H34O8/c1-15(2)19(23)27-13-17(21)11-25-9-7-5-6-8-10-26-12-18(22)14-28-20(24)16(3)4/h17-18,21-22H,1,3,5-14H2,2,4H3. The molecule has 162 valence electrons. The van der Waals surface area contributed by atoms with Gasteiger partial charge in [-0.05, 0) is 26.7 Å². The number of hydrogen-bond donors (Lipinski definition) is 2. The van der Waals surface area contributed by atoms with Crippen LogP contribution in [0.3, 0.4) is 0 Å². The van der Waals surface area contributed by atoms with E-state index in [1.54, 1.807) is 13.8 Å². The summed E-state index contributed by atoms with van der Waals surface area (Å²) in [4.78, 5) is 22.3. The first-order chi connectivity index (χ1) is 13.2. The minimum Gasteiger partial charge on any atom is -0.460 e. The summed E-state index contributed by atoms with van der Waals surface area (Å²) in [5, 5.41) is 19.2. The van der Waals surface area contributed by atoms with Crippen molar-refractivity contribution in [1.82, 2.24) is 0 Å². The third-order valence-corrected chi connectivity index (χ3v) is 3.46. The normalized spacial score (nSPS) is 12.9. The summed E-state index contributed by atoms with van der Waals surface area (Å²) < 4.78 is 20.3. The molecule has 8 heteroatoms. The lowest BCUT2D eigenvalue weighted by Crippen LogP contribution is -2.24. The smallest absolute Gasteiger partial charge is 0.333 e. The number of hydrogen-bond acceptors (Lipinski definition) is 8. The third-order valence-electron chi connectivity index (χ3n) is 3.46. The predicted octanol–water partition coefficient (Wildman–Crippen LogP) is 1.54. The van der Waals surface area contributed by atoms with Crippen LogP contribution in [-0.4, -0.2) is 74.0 Å². The fraction of sp³-hybridized carbons (Fsp3) is 0.700. The first kappa shape index (κ1) is 26.3. The average Bonchev–Trinajstić information content (AvgIpc) is 2.65. The molecule has 0 aliphatic heterocycles. The minimum atomic E-state index is -0.849. The topological polar surface area (TPSA) is 112 Å². The van der Waals surface area contributed by atoms with Crippen LogP contribution in [0.25, 0.3) is 0 Å². The highest BCUT2D eigenvalue weighted by molar-refractivity contribution is 5.87. The molecule has 0 amide bonds. The Morgan fingerprint density at radius 3 is 1.39 bits per heavy atom. The van der Waals surface area contributed by atoms with Crippen LogP contribution in [0.15, 0.2) is 24.3 Å². The van der Waals surface area contributed by atoms with Crippen molar-refractivity contribution in [3.8, 4) is 0 Å². The van der Waals surface area contributed by atoms with E-state index in [-0.39, 0.29) is 37.6 Å². The molecule has 0 radical (unpaired) electrons. The molecule has 2 atom stereocenters. The molecule has 0 saturated heterocycles. The molecule has 0 saturated carbocycles. The zero-order valence-electron chi connectivity index (χ0n) is 17.0. The molecule has 0 aliphatic rings. The van der Waals surface area contributed by atoms with Crippen LogP contribution in [0.4, 0.5) is 0 Å². The Labute approximate surface area is 167 Å². The van der Waals surface area contributed by atoms with Crippen LogP contribution in [0.2, 0.25) is 0 Å². The first-order valence-corrected chi connectivity index (χ1v) is 9.41. The second-order valence-corrected chi connectivity index (χ2v) is 6.63. The molecule has 0 aromatic carbocycles. The van der Waals surface area contributed by atoms with Gasteiger partial charge in [-0.3, -0.25) is 0 Å². The second-order valence-electron chi connectivity index (χ2n) is 6.63. The van der Waals surface area contributed by atoms with Gasteiger partial charge < -0.3 is 29.2 Å². The maximum Gasteiger partial charge on any atom is 0.333 e. The van der Waals surface area contributed by atoms with E-state index in [2.05, 4.69) is 13.2 Å². The van der Waals surface area contributed by atoms with Gasteiger partial charge in [0.25, 0.3) is 0 Å². The van der Waals surface area contributed by atoms with Gasteiger partial charge in [0.2, 0.25) is 0 Å². The van der Waals surface area contributed by atoms with Crippen molar-refractivity contribution in [2.75, 3.05) is 39.6 Å². The molecule has 0 heterocycles. The van der Waals surface area contributed by atoms with E-state index in [1.165, 1.54) is 0 Å². The monoisotopic (exact) mass is 402 g/mol. The maximum absolute atomic E-state index is 11.2.